The largest absolute Gasteiger partial charge is 0.478 e. The lowest BCUT2D eigenvalue weighted by Crippen LogP contribution is -2.27. The lowest BCUT2D eigenvalue weighted by atomic mass is 10.1. The Morgan fingerprint density at radius 1 is 1.46 bits per heavy atom. The van der Waals surface area contributed by atoms with Gasteiger partial charge in [-0.15, -0.1) is 0 Å². The van der Waals surface area contributed by atoms with Crippen molar-refractivity contribution in [2.24, 2.45) is 5.41 Å². The van der Waals surface area contributed by atoms with Crippen molar-refractivity contribution in [1.82, 2.24) is 5.32 Å². The molecule has 1 rings (SSSR count). The second-order valence-electron chi connectivity index (χ2n) is 3.70. The number of carbonyl (C=O) groups excluding carboxylic acids is 1. The molecule has 2 N–H and O–H groups in total. The van der Waals surface area contributed by atoms with Crippen molar-refractivity contribution in [1.29, 1.82) is 0 Å². The Morgan fingerprint density at radius 3 is 2.54 bits per heavy atom. The molecular formula is C9H13NO3. The lowest BCUT2D eigenvalue weighted by Gasteiger charge is -2.07. The van der Waals surface area contributed by atoms with Gasteiger partial charge < -0.3 is 10.4 Å². The monoisotopic (exact) mass is 183 g/mol. The first-order valence-corrected chi connectivity index (χ1v) is 4.21. The zero-order chi connectivity index (χ0) is 9.90. The molecule has 0 atom stereocenters. The molecule has 0 aliphatic heterocycles. The maximum absolute atomic E-state index is 11.0. The molecule has 0 bridgehead atoms. The van der Waals surface area contributed by atoms with E-state index in [1.54, 1.807) is 0 Å². The smallest absolute Gasteiger partial charge is 0.328 e. The molecule has 1 amide bonds. The van der Waals surface area contributed by atoms with Gasteiger partial charge in [-0.25, -0.2) is 4.79 Å². The van der Waals surface area contributed by atoms with E-state index in [0.29, 0.717) is 6.54 Å². The van der Waals surface area contributed by atoms with Gasteiger partial charge in [0.2, 0.25) is 5.91 Å². The summed E-state index contributed by atoms with van der Waals surface area (Å²) in [7, 11) is 0. The summed E-state index contributed by atoms with van der Waals surface area (Å²) in [5.41, 5.74) is 0.257. The Kier molecular flexibility index (Phi) is 2.70. The summed E-state index contributed by atoms with van der Waals surface area (Å²) in [6.45, 7) is 2.73. The molecule has 1 fully saturated rings. The number of aliphatic carboxylic acids is 1. The van der Waals surface area contributed by atoms with E-state index in [-0.39, 0.29) is 11.3 Å². The van der Waals surface area contributed by atoms with Crippen molar-refractivity contribution in [2.45, 2.75) is 19.8 Å². The van der Waals surface area contributed by atoms with E-state index in [1.807, 2.05) is 0 Å². The van der Waals surface area contributed by atoms with Crippen LogP contribution in [0.3, 0.4) is 0 Å². The van der Waals surface area contributed by atoms with E-state index in [0.717, 1.165) is 25.0 Å². The van der Waals surface area contributed by atoms with Gasteiger partial charge in [-0.05, 0) is 18.3 Å². The van der Waals surface area contributed by atoms with E-state index in [9.17, 15) is 9.59 Å². The number of carboxylic acids is 1. The van der Waals surface area contributed by atoms with Gasteiger partial charge in [0.05, 0.1) is 0 Å². The van der Waals surface area contributed by atoms with Crippen molar-refractivity contribution in [2.75, 3.05) is 6.54 Å². The van der Waals surface area contributed by atoms with Crippen molar-refractivity contribution < 1.29 is 14.7 Å². The number of hydrogen-bond donors (Lipinski definition) is 2. The van der Waals surface area contributed by atoms with Crippen LogP contribution in [0, 0.1) is 5.41 Å². The Labute approximate surface area is 76.6 Å². The third-order valence-electron chi connectivity index (χ3n) is 2.17. The average molecular weight is 183 g/mol. The first-order chi connectivity index (χ1) is 6.02. The highest BCUT2D eigenvalue weighted by molar-refractivity contribution is 5.93. The highest BCUT2D eigenvalue weighted by atomic mass is 16.4. The Bertz CT molecular complexity index is 254. The second kappa shape index (κ2) is 3.60. The Morgan fingerprint density at radius 2 is 2.08 bits per heavy atom. The van der Waals surface area contributed by atoms with Crippen LogP contribution in [0.25, 0.3) is 0 Å². The van der Waals surface area contributed by atoms with Gasteiger partial charge in [0, 0.05) is 18.7 Å². The number of carbonyl (C=O) groups is 2. The minimum Gasteiger partial charge on any atom is -0.478 e. The molecule has 0 aromatic heterocycles. The molecule has 4 heteroatoms. The van der Waals surface area contributed by atoms with E-state index < -0.39 is 5.97 Å². The zero-order valence-electron chi connectivity index (χ0n) is 7.54. The number of rotatable bonds is 4. The summed E-state index contributed by atoms with van der Waals surface area (Å²) in [5, 5.41) is 10.9. The fourth-order valence-electron chi connectivity index (χ4n) is 0.897. The minimum atomic E-state index is -1.10. The van der Waals surface area contributed by atoms with Crippen molar-refractivity contribution in [3.63, 3.8) is 0 Å². The fourth-order valence-corrected chi connectivity index (χ4v) is 0.897. The molecule has 0 saturated heterocycles. The molecule has 1 aliphatic rings. The van der Waals surface area contributed by atoms with Gasteiger partial charge in [-0.2, -0.15) is 0 Å². The van der Waals surface area contributed by atoms with Crippen LogP contribution in [0.2, 0.25) is 0 Å². The van der Waals surface area contributed by atoms with E-state index >= 15 is 0 Å². The predicted molar refractivity (Wildman–Crippen MR) is 47.1 cm³/mol. The maximum Gasteiger partial charge on any atom is 0.328 e. The highest BCUT2D eigenvalue weighted by Gasteiger charge is 2.36. The van der Waals surface area contributed by atoms with Crippen LogP contribution in [0.4, 0.5) is 0 Å². The van der Waals surface area contributed by atoms with Crippen LogP contribution in [0.15, 0.2) is 12.2 Å². The summed E-state index contributed by atoms with van der Waals surface area (Å²) in [5.74, 6) is -1.44. The van der Waals surface area contributed by atoms with Crippen LogP contribution < -0.4 is 5.32 Å². The first kappa shape index (κ1) is 9.77. The topological polar surface area (TPSA) is 66.4 Å². The van der Waals surface area contributed by atoms with Gasteiger partial charge in [0.1, 0.15) is 0 Å². The number of nitrogens with one attached hydrogen (secondary N) is 1. The molecule has 0 spiro atoms. The summed E-state index contributed by atoms with van der Waals surface area (Å²) < 4.78 is 0. The summed E-state index contributed by atoms with van der Waals surface area (Å²) in [4.78, 5) is 21.0. The van der Waals surface area contributed by atoms with E-state index in [2.05, 4.69) is 12.2 Å². The van der Waals surface area contributed by atoms with Crippen LogP contribution in [-0.2, 0) is 9.59 Å². The quantitative estimate of drug-likeness (QED) is 0.625. The Hall–Kier alpha value is -1.32. The molecule has 4 nitrogen and oxygen atoms in total. The molecule has 1 saturated carbocycles. The normalized spacial score (nSPS) is 18.5. The summed E-state index contributed by atoms with van der Waals surface area (Å²) in [6, 6.07) is 0. The summed E-state index contributed by atoms with van der Waals surface area (Å²) >= 11 is 0. The number of hydrogen-bond acceptors (Lipinski definition) is 2. The van der Waals surface area contributed by atoms with Gasteiger partial charge in [-0.1, -0.05) is 6.92 Å². The minimum absolute atomic E-state index is 0.257. The molecule has 0 aromatic carbocycles. The number of carboxylic acid groups (broad SMARTS) is 1. The molecule has 72 valence electrons. The molecule has 0 unspecified atom stereocenters. The highest BCUT2D eigenvalue weighted by Crippen LogP contribution is 2.43. The standard InChI is InChI=1S/C9H13NO3/c1-9(4-5-9)6-10-7(11)2-3-8(12)13/h2-3H,4-6H2,1H3,(H,10,11)(H,12,13)/b3-2+. The van der Waals surface area contributed by atoms with Crippen molar-refractivity contribution >= 4 is 11.9 Å². The second-order valence-corrected chi connectivity index (χ2v) is 3.70. The van der Waals surface area contributed by atoms with Crippen LogP contribution in [-0.4, -0.2) is 23.5 Å². The third-order valence-corrected chi connectivity index (χ3v) is 2.17. The van der Waals surface area contributed by atoms with E-state index in [1.165, 1.54) is 0 Å². The third kappa shape index (κ3) is 3.73. The van der Waals surface area contributed by atoms with Gasteiger partial charge in [0.15, 0.2) is 0 Å². The molecule has 0 heterocycles. The fraction of sp³-hybridized carbons (Fsp3) is 0.556. The molecular weight excluding hydrogens is 170 g/mol. The number of amides is 1. The van der Waals surface area contributed by atoms with E-state index in [4.69, 9.17) is 5.11 Å². The van der Waals surface area contributed by atoms with Crippen molar-refractivity contribution in [3.8, 4) is 0 Å². The van der Waals surface area contributed by atoms with Crippen LogP contribution in [0.5, 0.6) is 0 Å². The molecule has 1 aliphatic carbocycles. The molecule has 0 radical (unpaired) electrons. The van der Waals surface area contributed by atoms with Gasteiger partial charge in [0.25, 0.3) is 0 Å². The van der Waals surface area contributed by atoms with Crippen molar-refractivity contribution in [3.05, 3.63) is 12.2 Å². The van der Waals surface area contributed by atoms with Crippen LogP contribution in [0.1, 0.15) is 19.8 Å². The zero-order valence-corrected chi connectivity index (χ0v) is 7.54. The SMILES string of the molecule is CC1(CNC(=O)/C=C/C(=O)O)CC1. The van der Waals surface area contributed by atoms with Crippen LogP contribution >= 0.6 is 0 Å². The molecule has 13 heavy (non-hydrogen) atoms. The maximum atomic E-state index is 11.0. The van der Waals surface area contributed by atoms with Gasteiger partial charge >= 0.3 is 5.97 Å². The molecule has 0 aromatic rings. The first-order valence-electron chi connectivity index (χ1n) is 4.21. The Balaban J connectivity index is 2.21. The average Bonchev–Trinajstić information content (AvgIpc) is 2.77. The summed E-state index contributed by atoms with van der Waals surface area (Å²) in [6.07, 6.45) is 4.14. The lowest BCUT2D eigenvalue weighted by molar-refractivity contribution is -0.131. The van der Waals surface area contributed by atoms with Gasteiger partial charge in [-0.3, -0.25) is 4.79 Å². The predicted octanol–water partition coefficient (Wildman–Crippen LogP) is 0.543.